The average molecular weight is 375 g/mol. The van der Waals surface area contributed by atoms with Gasteiger partial charge in [0.25, 0.3) is 0 Å². The molecule has 0 saturated carbocycles. The lowest BCUT2D eigenvalue weighted by atomic mass is 10.2. The monoisotopic (exact) mass is 373 g/mol. The molecule has 2 aromatic rings. The van der Waals surface area contributed by atoms with Crippen LogP contribution in [0.2, 0.25) is 5.02 Å². The quantitative estimate of drug-likeness (QED) is 0.588. The summed E-state index contributed by atoms with van der Waals surface area (Å²) < 4.78 is 13.6. The molecule has 5 nitrogen and oxygen atoms in total. The normalized spacial score (nSPS) is 10.3. The maximum atomic E-state index is 13.2. The molecule has 0 aliphatic rings. The van der Waals surface area contributed by atoms with E-state index in [-0.39, 0.29) is 16.4 Å². The van der Waals surface area contributed by atoms with Gasteiger partial charge in [-0.2, -0.15) is 0 Å². The Balaban J connectivity index is 2.52. The van der Waals surface area contributed by atoms with Crippen molar-refractivity contribution in [3.63, 3.8) is 0 Å². The second-order valence-corrected chi connectivity index (χ2v) is 5.34. The van der Waals surface area contributed by atoms with Crippen LogP contribution in [-0.2, 0) is 0 Å². The highest BCUT2D eigenvalue weighted by Crippen LogP contribution is 2.39. The zero-order valence-corrected chi connectivity index (χ0v) is 13.1. The Bertz CT molecular complexity index is 689. The molecule has 2 N–H and O–H groups in total. The van der Waals surface area contributed by atoms with Crippen molar-refractivity contribution in [1.82, 2.24) is 0 Å². The summed E-state index contributed by atoms with van der Waals surface area (Å²) in [6.07, 6.45) is 0. The Labute approximate surface area is 133 Å². The predicted octanol–water partition coefficient (Wildman–Crippen LogP) is 4.94. The van der Waals surface area contributed by atoms with Crippen molar-refractivity contribution in [2.45, 2.75) is 0 Å². The first-order valence-electron chi connectivity index (χ1n) is 5.80. The minimum atomic E-state index is -0.504. The van der Waals surface area contributed by atoms with Crippen LogP contribution < -0.4 is 10.6 Å². The fraction of sp³-hybridized carbons (Fsp3) is 0.0769. The van der Waals surface area contributed by atoms with E-state index in [9.17, 15) is 14.5 Å². The number of benzene rings is 2. The summed E-state index contributed by atoms with van der Waals surface area (Å²) in [5, 5.41) is 17.0. The van der Waals surface area contributed by atoms with Gasteiger partial charge in [0.05, 0.1) is 15.6 Å². The fourth-order valence-corrected chi connectivity index (χ4v) is 2.74. The number of hydrogen-bond donors (Lipinski definition) is 2. The molecule has 0 aromatic heterocycles. The van der Waals surface area contributed by atoms with E-state index in [1.807, 2.05) is 0 Å². The molecule has 2 aromatic carbocycles. The Morgan fingerprint density at radius 1 is 1.33 bits per heavy atom. The van der Waals surface area contributed by atoms with E-state index >= 15 is 0 Å². The van der Waals surface area contributed by atoms with E-state index in [1.165, 1.54) is 6.07 Å². The summed E-state index contributed by atoms with van der Waals surface area (Å²) in [5.41, 5.74) is 0.849. The van der Waals surface area contributed by atoms with Crippen molar-refractivity contribution in [2.75, 3.05) is 17.7 Å². The lowest BCUT2D eigenvalue weighted by molar-refractivity contribution is -0.383. The smallest absolute Gasteiger partial charge is 0.315 e. The molecule has 0 fully saturated rings. The van der Waals surface area contributed by atoms with Gasteiger partial charge in [-0.15, -0.1) is 0 Å². The van der Waals surface area contributed by atoms with Crippen molar-refractivity contribution in [1.29, 1.82) is 0 Å². The van der Waals surface area contributed by atoms with Crippen LogP contribution in [0.3, 0.4) is 0 Å². The Morgan fingerprint density at radius 3 is 2.57 bits per heavy atom. The van der Waals surface area contributed by atoms with Gasteiger partial charge in [0, 0.05) is 11.5 Å². The van der Waals surface area contributed by atoms with Gasteiger partial charge in [-0.1, -0.05) is 17.7 Å². The molecule has 0 atom stereocenters. The molecule has 0 amide bonds. The molecule has 0 spiro atoms. The fourth-order valence-electron chi connectivity index (χ4n) is 1.84. The molecule has 0 aliphatic heterocycles. The van der Waals surface area contributed by atoms with Gasteiger partial charge >= 0.3 is 5.69 Å². The van der Waals surface area contributed by atoms with Crippen LogP contribution in [0.5, 0.6) is 0 Å². The molecule has 0 unspecified atom stereocenters. The molecule has 0 heterocycles. The van der Waals surface area contributed by atoms with Gasteiger partial charge in [0.15, 0.2) is 0 Å². The number of hydrogen-bond acceptors (Lipinski definition) is 4. The zero-order chi connectivity index (χ0) is 15.6. The topological polar surface area (TPSA) is 67.2 Å². The number of para-hydroxylation sites is 1. The highest BCUT2D eigenvalue weighted by Gasteiger charge is 2.20. The maximum absolute atomic E-state index is 13.2. The highest BCUT2D eigenvalue weighted by atomic mass is 79.9. The first-order chi connectivity index (χ1) is 9.93. The van der Waals surface area contributed by atoms with E-state index < -0.39 is 10.7 Å². The molecule has 0 aliphatic carbocycles. The van der Waals surface area contributed by atoms with Crippen molar-refractivity contribution in [2.24, 2.45) is 0 Å². The summed E-state index contributed by atoms with van der Waals surface area (Å²) in [7, 11) is 1.59. The number of nitrogens with one attached hydrogen (secondary N) is 2. The van der Waals surface area contributed by atoms with Crippen molar-refractivity contribution < 1.29 is 9.31 Å². The molecular formula is C13H10BrClFN3O2. The molecule has 0 bridgehead atoms. The molecule has 2 rings (SSSR count). The number of nitro benzene ring substituents is 1. The highest BCUT2D eigenvalue weighted by molar-refractivity contribution is 9.10. The number of rotatable bonds is 4. The van der Waals surface area contributed by atoms with Crippen LogP contribution in [0.1, 0.15) is 0 Å². The van der Waals surface area contributed by atoms with E-state index in [1.54, 1.807) is 25.2 Å². The average Bonchev–Trinajstić information content (AvgIpc) is 2.42. The number of anilines is 3. The summed E-state index contributed by atoms with van der Waals surface area (Å²) in [4.78, 5) is 10.7. The van der Waals surface area contributed by atoms with E-state index in [4.69, 9.17) is 11.6 Å². The van der Waals surface area contributed by atoms with Gasteiger partial charge in [-0.05, 0) is 40.2 Å². The van der Waals surface area contributed by atoms with Crippen molar-refractivity contribution in [3.8, 4) is 0 Å². The lowest BCUT2D eigenvalue weighted by Gasteiger charge is -2.12. The third kappa shape index (κ3) is 3.25. The van der Waals surface area contributed by atoms with E-state index in [2.05, 4.69) is 26.6 Å². The van der Waals surface area contributed by atoms with Gasteiger partial charge in [0.1, 0.15) is 17.2 Å². The maximum Gasteiger partial charge on any atom is 0.315 e. The molecule has 110 valence electrons. The first kappa shape index (κ1) is 15.5. The largest absolute Gasteiger partial charge is 0.382 e. The predicted molar refractivity (Wildman–Crippen MR) is 85.0 cm³/mol. The van der Waals surface area contributed by atoms with Crippen LogP contribution in [-0.4, -0.2) is 12.0 Å². The summed E-state index contributed by atoms with van der Waals surface area (Å²) in [6.45, 7) is 0. The van der Waals surface area contributed by atoms with Gasteiger partial charge in [-0.25, -0.2) is 4.39 Å². The lowest BCUT2D eigenvalue weighted by Crippen LogP contribution is -2.02. The molecule has 0 saturated heterocycles. The van der Waals surface area contributed by atoms with E-state index in [0.717, 1.165) is 6.07 Å². The number of nitro groups is 1. The standard InChI is InChI=1S/C13H10BrClFN3O2/c1-17-10-3-2-4-11(13(10)19(20)21)18-12-8(14)5-7(16)6-9(12)15/h2-6,17-18H,1H3. The molecular weight excluding hydrogens is 365 g/mol. The number of nitrogens with zero attached hydrogens (tertiary/aromatic N) is 1. The van der Waals surface area contributed by atoms with Crippen LogP contribution in [0.15, 0.2) is 34.8 Å². The zero-order valence-electron chi connectivity index (χ0n) is 10.8. The van der Waals surface area contributed by atoms with Gasteiger partial charge < -0.3 is 10.6 Å². The van der Waals surface area contributed by atoms with Gasteiger partial charge in [-0.3, -0.25) is 10.1 Å². The van der Waals surface area contributed by atoms with Crippen LogP contribution in [0.25, 0.3) is 0 Å². The second kappa shape index (κ2) is 6.28. The Kier molecular flexibility index (Phi) is 4.64. The summed E-state index contributed by atoms with van der Waals surface area (Å²) in [6, 6.07) is 7.15. The number of halogens is 3. The third-order valence-corrected chi connectivity index (χ3v) is 3.68. The SMILES string of the molecule is CNc1cccc(Nc2c(Cl)cc(F)cc2Br)c1[N+](=O)[O-]. The Morgan fingerprint density at radius 2 is 2.00 bits per heavy atom. The van der Waals surface area contributed by atoms with Crippen molar-refractivity contribution in [3.05, 3.63) is 55.8 Å². The summed E-state index contributed by atoms with van der Waals surface area (Å²) in [5.74, 6) is -0.504. The van der Waals surface area contributed by atoms with Crippen molar-refractivity contribution >= 4 is 50.3 Å². The van der Waals surface area contributed by atoms with Crippen LogP contribution in [0.4, 0.5) is 27.1 Å². The Hall–Kier alpha value is -1.86. The molecule has 0 radical (unpaired) electrons. The van der Waals surface area contributed by atoms with Crippen LogP contribution >= 0.6 is 27.5 Å². The summed E-state index contributed by atoms with van der Waals surface area (Å²) >= 11 is 9.15. The second-order valence-electron chi connectivity index (χ2n) is 4.08. The molecule has 21 heavy (non-hydrogen) atoms. The van der Waals surface area contributed by atoms with Crippen LogP contribution in [0, 0.1) is 15.9 Å². The third-order valence-electron chi connectivity index (χ3n) is 2.75. The first-order valence-corrected chi connectivity index (χ1v) is 6.98. The minimum absolute atomic E-state index is 0.117. The van der Waals surface area contributed by atoms with E-state index in [0.29, 0.717) is 15.8 Å². The van der Waals surface area contributed by atoms with Gasteiger partial charge in [0.2, 0.25) is 0 Å². The minimum Gasteiger partial charge on any atom is -0.382 e. The molecule has 8 heteroatoms.